The number of hydrogen-bond acceptors (Lipinski definition) is 5. The van der Waals surface area contributed by atoms with E-state index >= 15 is 0 Å². The van der Waals surface area contributed by atoms with Crippen LogP contribution in [0.1, 0.15) is 27.2 Å². The molecule has 0 saturated carbocycles. The van der Waals surface area contributed by atoms with Crippen LogP contribution in [0.5, 0.6) is 0 Å². The Morgan fingerprint density at radius 1 is 1.00 bits per heavy atom. The second-order valence-electron chi connectivity index (χ2n) is 7.87. The summed E-state index contributed by atoms with van der Waals surface area (Å²) in [4.78, 5) is 16.5. The SMILES string of the molecule is CC(C)(C)CC(=O)N1CCN(c2ccc(Nc3ccccc3)nn2)CC1. The topological polar surface area (TPSA) is 61.4 Å². The number of para-hydroxylation sites is 1. The van der Waals surface area contributed by atoms with E-state index in [1.165, 1.54) is 0 Å². The van der Waals surface area contributed by atoms with Crippen LogP contribution in [0.4, 0.5) is 17.3 Å². The molecule has 2 aromatic rings. The molecule has 0 spiro atoms. The Balaban J connectivity index is 1.54. The molecule has 1 aromatic carbocycles. The third-order valence-corrected chi connectivity index (χ3v) is 4.33. The van der Waals surface area contributed by atoms with E-state index in [1.807, 2.05) is 47.4 Å². The van der Waals surface area contributed by atoms with Gasteiger partial charge in [0.25, 0.3) is 0 Å². The maximum Gasteiger partial charge on any atom is 0.223 e. The van der Waals surface area contributed by atoms with Crippen LogP contribution < -0.4 is 10.2 Å². The number of carbonyl (C=O) groups is 1. The minimum atomic E-state index is 0.0290. The molecule has 0 aliphatic carbocycles. The van der Waals surface area contributed by atoms with Gasteiger partial charge in [-0.3, -0.25) is 4.79 Å². The average Bonchev–Trinajstić information content (AvgIpc) is 2.62. The van der Waals surface area contributed by atoms with Gasteiger partial charge in [0.1, 0.15) is 0 Å². The van der Waals surface area contributed by atoms with E-state index in [0.717, 1.165) is 43.5 Å². The number of rotatable bonds is 4. The van der Waals surface area contributed by atoms with E-state index in [4.69, 9.17) is 0 Å². The second-order valence-corrected chi connectivity index (χ2v) is 7.87. The van der Waals surface area contributed by atoms with Crippen molar-refractivity contribution in [2.75, 3.05) is 36.4 Å². The van der Waals surface area contributed by atoms with Gasteiger partial charge in [0.05, 0.1) is 0 Å². The van der Waals surface area contributed by atoms with Crippen LogP contribution in [0.2, 0.25) is 0 Å². The Morgan fingerprint density at radius 3 is 2.27 bits per heavy atom. The molecule has 2 heterocycles. The Kier molecular flexibility index (Phi) is 5.40. The Hall–Kier alpha value is -2.63. The number of carbonyl (C=O) groups excluding carboxylic acids is 1. The fraction of sp³-hybridized carbons (Fsp3) is 0.450. The molecule has 1 aliphatic heterocycles. The van der Waals surface area contributed by atoms with Gasteiger partial charge in [0.2, 0.25) is 5.91 Å². The van der Waals surface area contributed by atoms with Crippen LogP contribution in [0.25, 0.3) is 0 Å². The zero-order valence-electron chi connectivity index (χ0n) is 15.8. The molecule has 1 aliphatic rings. The summed E-state index contributed by atoms with van der Waals surface area (Å²) in [5.41, 5.74) is 1.02. The van der Waals surface area contributed by atoms with Gasteiger partial charge in [-0.15, -0.1) is 10.2 Å². The average molecular weight is 353 g/mol. The van der Waals surface area contributed by atoms with Crippen LogP contribution in [0.3, 0.4) is 0 Å². The molecule has 0 radical (unpaired) electrons. The number of anilines is 3. The zero-order chi connectivity index (χ0) is 18.6. The first-order valence-corrected chi connectivity index (χ1v) is 9.09. The fourth-order valence-electron chi connectivity index (χ4n) is 2.98. The summed E-state index contributed by atoms with van der Waals surface area (Å²) >= 11 is 0. The number of piperazine rings is 1. The summed E-state index contributed by atoms with van der Waals surface area (Å²) < 4.78 is 0. The van der Waals surface area contributed by atoms with Crippen molar-refractivity contribution in [3.8, 4) is 0 Å². The fourth-order valence-corrected chi connectivity index (χ4v) is 2.98. The van der Waals surface area contributed by atoms with Crippen LogP contribution in [0, 0.1) is 5.41 Å². The van der Waals surface area contributed by atoms with Gasteiger partial charge in [-0.2, -0.15) is 0 Å². The lowest BCUT2D eigenvalue weighted by Gasteiger charge is -2.36. The van der Waals surface area contributed by atoms with Gasteiger partial charge in [-0.05, 0) is 29.7 Å². The third kappa shape index (κ3) is 4.94. The summed E-state index contributed by atoms with van der Waals surface area (Å²) in [5, 5.41) is 11.8. The molecular formula is C20H27N5O. The van der Waals surface area contributed by atoms with Gasteiger partial charge in [-0.1, -0.05) is 39.0 Å². The van der Waals surface area contributed by atoms with Crippen LogP contribution >= 0.6 is 0 Å². The summed E-state index contributed by atoms with van der Waals surface area (Å²) in [5.74, 6) is 1.82. The standard InChI is InChI=1S/C20H27N5O/c1-20(2,3)15-19(26)25-13-11-24(12-14-25)18-10-9-17(22-23-18)21-16-7-5-4-6-8-16/h4-10H,11-15H2,1-3H3,(H,21,22). The molecule has 0 bridgehead atoms. The van der Waals surface area contributed by atoms with Gasteiger partial charge < -0.3 is 15.1 Å². The van der Waals surface area contributed by atoms with Gasteiger partial charge >= 0.3 is 0 Å². The predicted molar refractivity (Wildman–Crippen MR) is 105 cm³/mol. The quantitative estimate of drug-likeness (QED) is 0.914. The molecule has 3 rings (SSSR count). The monoisotopic (exact) mass is 353 g/mol. The predicted octanol–water partition coefficient (Wildman–Crippen LogP) is 3.31. The van der Waals surface area contributed by atoms with E-state index in [2.05, 4.69) is 41.2 Å². The smallest absolute Gasteiger partial charge is 0.223 e. The van der Waals surface area contributed by atoms with E-state index in [-0.39, 0.29) is 11.3 Å². The van der Waals surface area contributed by atoms with Crippen molar-refractivity contribution in [2.45, 2.75) is 27.2 Å². The molecule has 138 valence electrons. The van der Waals surface area contributed by atoms with Crippen LogP contribution in [-0.4, -0.2) is 47.2 Å². The number of benzene rings is 1. The van der Waals surface area contributed by atoms with Crippen molar-refractivity contribution in [2.24, 2.45) is 5.41 Å². The summed E-state index contributed by atoms with van der Waals surface area (Å²) in [6, 6.07) is 13.8. The number of aromatic nitrogens is 2. The van der Waals surface area contributed by atoms with Gasteiger partial charge in [-0.25, -0.2) is 0 Å². The molecule has 6 nitrogen and oxygen atoms in total. The van der Waals surface area contributed by atoms with E-state index < -0.39 is 0 Å². The second kappa shape index (κ2) is 7.72. The van der Waals surface area contributed by atoms with Crippen molar-refractivity contribution >= 4 is 23.2 Å². The first-order valence-electron chi connectivity index (χ1n) is 9.09. The van der Waals surface area contributed by atoms with Crippen molar-refractivity contribution in [3.63, 3.8) is 0 Å². The molecule has 1 amide bonds. The number of hydrogen-bond donors (Lipinski definition) is 1. The van der Waals surface area contributed by atoms with Crippen molar-refractivity contribution < 1.29 is 4.79 Å². The summed E-state index contributed by atoms with van der Waals surface area (Å²) in [6.07, 6.45) is 0.590. The minimum Gasteiger partial charge on any atom is -0.352 e. The van der Waals surface area contributed by atoms with E-state index in [1.54, 1.807) is 0 Å². The van der Waals surface area contributed by atoms with Crippen LogP contribution in [-0.2, 0) is 4.79 Å². The maximum absolute atomic E-state index is 12.3. The number of nitrogens with one attached hydrogen (secondary N) is 1. The molecule has 1 saturated heterocycles. The maximum atomic E-state index is 12.3. The number of amides is 1. The lowest BCUT2D eigenvalue weighted by atomic mass is 9.91. The lowest BCUT2D eigenvalue weighted by molar-refractivity contribution is -0.133. The highest BCUT2D eigenvalue weighted by Gasteiger charge is 2.25. The van der Waals surface area contributed by atoms with Crippen molar-refractivity contribution in [1.29, 1.82) is 0 Å². The van der Waals surface area contributed by atoms with E-state index in [9.17, 15) is 4.79 Å². The normalized spacial score (nSPS) is 15.0. The van der Waals surface area contributed by atoms with Crippen LogP contribution in [0.15, 0.2) is 42.5 Å². The highest BCUT2D eigenvalue weighted by atomic mass is 16.2. The molecule has 1 aromatic heterocycles. The zero-order valence-corrected chi connectivity index (χ0v) is 15.8. The lowest BCUT2D eigenvalue weighted by Crippen LogP contribution is -2.49. The molecule has 1 fully saturated rings. The highest BCUT2D eigenvalue weighted by molar-refractivity contribution is 5.77. The largest absolute Gasteiger partial charge is 0.352 e. The minimum absolute atomic E-state index is 0.0290. The first kappa shape index (κ1) is 18.2. The molecule has 6 heteroatoms. The third-order valence-electron chi connectivity index (χ3n) is 4.33. The molecular weight excluding hydrogens is 326 g/mol. The number of nitrogens with zero attached hydrogens (tertiary/aromatic N) is 4. The Bertz CT molecular complexity index is 716. The van der Waals surface area contributed by atoms with Gasteiger partial charge in [0, 0.05) is 38.3 Å². The summed E-state index contributed by atoms with van der Waals surface area (Å²) in [6.45, 7) is 9.35. The molecule has 1 N–H and O–H groups in total. The Labute approximate surface area is 155 Å². The highest BCUT2D eigenvalue weighted by Crippen LogP contribution is 2.21. The molecule has 0 atom stereocenters. The first-order chi connectivity index (χ1) is 12.4. The van der Waals surface area contributed by atoms with Crippen molar-refractivity contribution in [3.05, 3.63) is 42.5 Å². The summed E-state index contributed by atoms with van der Waals surface area (Å²) in [7, 11) is 0. The molecule has 0 unspecified atom stereocenters. The van der Waals surface area contributed by atoms with Crippen molar-refractivity contribution in [1.82, 2.24) is 15.1 Å². The van der Waals surface area contributed by atoms with E-state index in [0.29, 0.717) is 6.42 Å². The van der Waals surface area contributed by atoms with Gasteiger partial charge in [0.15, 0.2) is 11.6 Å². The Morgan fingerprint density at radius 2 is 1.69 bits per heavy atom. The molecule has 26 heavy (non-hydrogen) atoms.